The Balaban J connectivity index is 2.41. The topological polar surface area (TPSA) is 72.3 Å². The summed E-state index contributed by atoms with van der Waals surface area (Å²) >= 11 is 0. The molecule has 1 atom stereocenters. The van der Waals surface area contributed by atoms with Crippen molar-refractivity contribution in [2.75, 3.05) is 17.2 Å². The molecule has 4 N–H and O–H groups in total. The van der Waals surface area contributed by atoms with Gasteiger partial charge in [-0.3, -0.25) is 4.79 Å². The highest BCUT2D eigenvalue weighted by molar-refractivity contribution is 5.99. The van der Waals surface area contributed by atoms with E-state index in [-0.39, 0.29) is 29.7 Å². The number of rotatable bonds is 1. The first-order valence-electron chi connectivity index (χ1n) is 4.69. The fourth-order valence-corrected chi connectivity index (χ4v) is 1.77. The van der Waals surface area contributed by atoms with Gasteiger partial charge in [0.1, 0.15) is 11.5 Å². The van der Waals surface area contributed by atoms with Gasteiger partial charge in [0.15, 0.2) is 0 Å². The fourth-order valence-electron chi connectivity index (χ4n) is 1.77. The van der Waals surface area contributed by atoms with Crippen LogP contribution in [0.1, 0.15) is 6.42 Å². The Morgan fingerprint density at radius 3 is 2.73 bits per heavy atom. The van der Waals surface area contributed by atoms with Crippen LogP contribution in [0.15, 0.2) is 18.2 Å². The summed E-state index contributed by atoms with van der Waals surface area (Å²) in [6.07, 6.45) is 0.244. The zero-order chi connectivity index (χ0) is 11.0. The number of carbonyl (C=O) groups excluding carboxylic acids is 1. The van der Waals surface area contributed by atoms with Gasteiger partial charge in [-0.15, -0.1) is 0 Å². The summed E-state index contributed by atoms with van der Waals surface area (Å²) in [7, 11) is 0. The van der Waals surface area contributed by atoms with Crippen molar-refractivity contribution in [3.8, 4) is 0 Å². The van der Waals surface area contributed by atoms with Gasteiger partial charge in [-0.05, 0) is 12.1 Å². The summed E-state index contributed by atoms with van der Waals surface area (Å²) in [5.41, 5.74) is 11.7. The van der Waals surface area contributed by atoms with Crippen molar-refractivity contribution < 1.29 is 9.18 Å². The molecule has 0 aliphatic carbocycles. The van der Waals surface area contributed by atoms with E-state index in [0.717, 1.165) is 0 Å². The number of nitrogens with two attached hydrogens (primary N) is 2. The van der Waals surface area contributed by atoms with E-state index in [9.17, 15) is 9.18 Å². The Kier molecular flexibility index (Phi) is 2.32. The molecule has 1 aliphatic heterocycles. The Morgan fingerprint density at radius 2 is 2.20 bits per heavy atom. The van der Waals surface area contributed by atoms with Crippen LogP contribution in [0.25, 0.3) is 0 Å². The quantitative estimate of drug-likeness (QED) is 0.660. The summed E-state index contributed by atoms with van der Waals surface area (Å²) in [5, 5.41) is 0. The van der Waals surface area contributed by atoms with Crippen molar-refractivity contribution in [2.45, 2.75) is 12.5 Å². The van der Waals surface area contributed by atoms with Crippen molar-refractivity contribution in [1.29, 1.82) is 0 Å². The first-order chi connectivity index (χ1) is 7.09. The molecular formula is C10H12FN3O. The number of amides is 1. The lowest BCUT2D eigenvalue weighted by Crippen LogP contribution is -2.29. The molecule has 80 valence electrons. The van der Waals surface area contributed by atoms with Crippen molar-refractivity contribution in [2.24, 2.45) is 5.73 Å². The minimum Gasteiger partial charge on any atom is -0.397 e. The number of hydrogen-bond donors (Lipinski definition) is 2. The highest BCUT2D eigenvalue weighted by atomic mass is 19.1. The van der Waals surface area contributed by atoms with Crippen LogP contribution in [0.5, 0.6) is 0 Å². The average Bonchev–Trinajstić information content (AvgIpc) is 2.45. The minimum atomic E-state index is -0.488. The van der Waals surface area contributed by atoms with Crippen molar-refractivity contribution in [3.63, 3.8) is 0 Å². The number of carbonyl (C=O) groups is 1. The van der Waals surface area contributed by atoms with E-state index < -0.39 is 5.82 Å². The second kappa shape index (κ2) is 3.51. The summed E-state index contributed by atoms with van der Waals surface area (Å²) < 4.78 is 13.5. The molecule has 5 heteroatoms. The average molecular weight is 209 g/mol. The largest absolute Gasteiger partial charge is 0.397 e. The Labute approximate surface area is 86.7 Å². The zero-order valence-electron chi connectivity index (χ0n) is 8.11. The molecule has 1 unspecified atom stereocenters. The van der Waals surface area contributed by atoms with E-state index in [1.54, 1.807) is 6.07 Å². The SMILES string of the molecule is Nc1cccc(F)c1N1CC(N)CC1=O. The minimum absolute atomic E-state index is 0.149. The molecule has 0 bridgehead atoms. The normalized spacial score (nSPS) is 21.1. The summed E-state index contributed by atoms with van der Waals surface area (Å²) in [6, 6.07) is 4.11. The molecule has 15 heavy (non-hydrogen) atoms. The van der Waals surface area contributed by atoms with E-state index in [4.69, 9.17) is 11.5 Å². The molecule has 0 aromatic heterocycles. The van der Waals surface area contributed by atoms with Crippen LogP contribution < -0.4 is 16.4 Å². The molecule has 0 saturated carbocycles. The van der Waals surface area contributed by atoms with Gasteiger partial charge in [0.05, 0.1) is 5.69 Å². The number of benzene rings is 1. The molecule has 2 rings (SSSR count). The monoisotopic (exact) mass is 209 g/mol. The molecule has 1 aliphatic rings. The Morgan fingerprint density at radius 1 is 1.47 bits per heavy atom. The van der Waals surface area contributed by atoms with Gasteiger partial charge in [0, 0.05) is 19.0 Å². The van der Waals surface area contributed by atoms with Crippen LogP contribution in [0.4, 0.5) is 15.8 Å². The summed E-state index contributed by atoms with van der Waals surface area (Å²) in [4.78, 5) is 12.8. The van der Waals surface area contributed by atoms with Crippen LogP contribution in [-0.2, 0) is 4.79 Å². The third kappa shape index (κ3) is 1.66. The van der Waals surface area contributed by atoms with Crippen molar-refractivity contribution >= 4 is 17.3 Å². The number of anilines is 2. The van der Waals surface area contributed by atoms with Gasteiger partial charge < -0.3 is 16.4 Å². The number of hydrogen-bond acceptors (Lipinski definition) is 3. The molecule has 1 saturated heterocycles. The van der Waals surface area contributed by atoms with Gasteiger partial charge in [0.2, 0.25) is 5.91 Å². The van der Waals surface area contributed by atoms with Crippen LogP contribution in [0.2, 0.25) is 0 Å². The van der Waals surface area contributed by atoms with Crippen LogP contribution in [0, 0.1) is 5.82 Å². The lowest BCUT2D eigenvalue weighted by atomic mass is 10.2. The molecular weight excluding hydrogens is 197 g/mol. The number of nitrogen functional groups attached to an aromatic ring is 1. The molecule has 0 spiro atoms. The molecule has 4 nitrogen and oxygen atoms in total. The van der Waals surface area contributed by atoms with Crippen LogP contribution >= 0.6 is 0 Å². The zero-order valence-corrected chi connectivity index (χ0v) is 8.11. The van der Waals surface area contributed by atoms with Gasteiger partial charge in [0.25, 0.3) is 0 Å². The van der Waals surface area contributed by atoms with Gasteiger partial charge in [-0.1, -0.05) is 6.07 Å². The smallest absolute Gasteiger partial charge is 0.228 e. The number of para-hydroxylation sites is 1. The first kappa shape index (κ1) is 9.92. The molecule has 1 heterocycles. The maximum atomic E-state index is 13.5. The lowest BCUT2D eigenvalue weighted by Gasteiger charge is -2.18. The molecule has 0 radical (unpaired) electrons. The van der Waals surface area contributed by atoms with E-state index >= 15 is 0 Å². The van der Waals surface area contributed by atoms with E-state index in [1.807, 2.05) is 0 Å². The van der Waals surface area contributed by atoms with Gasteiger partial charge >= 0.3 is 0 Å². The summed E-state index contributed by atoms with van der Waals surface area (Å²) in [6.45, 7) is 0.323. The predicted molar refractivity (Wildman–Crippen MR) is 55.8 cm³/mol. The molecule has 1 aromatic rings. The van der Waals surface area contributed by atoms with E-state index in [2.05, 4.69) is 0 Å². The second-order valence-electron chi connectivity index (χ2n) is 3.65. The van der Waals surface area contributed by atoms with E-state index in [1.165, 1.54) is 17.0 Å². The lowest BCUT2D eigenvalue weighted by molar-refractivity contribution is -0.117. The standard InChI is InChI=1S/C10H12FN3O/c11-7-2-1-3-8(13)10(7)14-5-6(12)4-9(14)15/h1-3,6H,4-5,12-13H2. The van der Waals surface area contributed by atoms with E-state index in [0.29, 0.717) is 6.54 Å². The van der Waals surface area contributed by atoms with Crippen LogP contribution in [0.3, 0.4) is 0 Å². The van der Waals surface area contributed by atoms with Gasteiger partial charge in [-0.25, -0.2) is 4.39 Å². The molecule has 1 aromatic carbocycles. The van der Waals surface area contributed by atoms with Gasteiger partial charge in [-0.2, -0.15) is 0 Å². The third-order valence-corrected chi connectivity index (χ3v) is 2.44. The molecule has 1 fully saturated rings. The Bertz CT molecular complexity index is 387. The Hall–Kier alpha value is -1.62. The number of halogens is 1. The maximum absolute atomic E-state index is 13.5. The van der Waals surface area contributed by atoms with Crippen molar-refractivity contribution in [1.82, 2.24) is 0 Å². The predicted octanol–water partition coefficient (Wildman–Crippen LogP) is 0.472. The highest BCUT2D eigenvalue weighted by Gasteiger charge is 2.30. The number of nitrogens with zero attached hydrogens (tertiary/aromatic N) is 1. The third-order valence-electron chi connectivity index (χ3n) is 2.44. The van der Waals surface area contributed by atoms with Crippen LogP contribution in [-0.4, -0.2) is 18.5 Å². The maximum Gasteiger partial charge on any atom is 0.228 e. The molecule has 1 amide bonds. The highest BCUT2D eigenvalue weighted by Crippen LogP contribution is 2.29. The second-order valence-corrected chi connectivity index (χ2v) is 3.65. The fraction of sp³-hybridized carbons (Fsp3) is 0.300. The van der Waals surface area contributed by atoms with Crippen molar-refractivity contribution in [3.05, 3.63) is 24.0 Å². The summed E-state index contributed by atoms with van der Waals surface area (Å²) in [5.74, 6) is -0.670. The first-order valence-corrected chi connectivity index (χ1v) is 4.69.